The average molecular weight is 493 g/mol. The van der Waals surface area contributed by atoms with Gasteiger partial charge in [-0.1, -0.05) is 78.9 Å². The summed E-state index contributed by atoms with van der Waals surface area (Å²) in [6, 6.07) is 31.4. The van der Waals surface area contributed by atoms with Crippen molar-refractivity contribution in [1.82, 2.24) is 10.3 Å². The average Bonchev–Trinajstić information content (AvgIpc) is 2.93. The smallest absolute Gasteiger partial charge is 0.228 e. The Morgan fingerprint density at radius 2 is 1.49 bits per heavy atom. The predicted molar refractivity (Wildman–Crippen MR) is 153 cm³/mol. The van der Waals surface area contributed by atoms with Crippen LogP contribution >= 0.6 is 0 Å². The van der Waals surface area contributed by atoms with Crippen molar-refractivity contribution in [3.8, 4) is 0 Å². The third-order valence-corrected chi connectivity index (χ3v) is 7.40. The Bertz CT molecular complexity index is 1310. The summed E-state index contributed by atoms with van der Waals surface area (Å²) >= 11 is 0. The highest BCUT2D eigenvalue weighted by Gasteiger charge is 2.27. The molecule has 1 aliphatic carbocycles. The third-order valence-electron chi connectivity index (χ3n) is 7.40. The largest absolute Gasteiger partial charge is 0.377 e. The SMILES string of the molecule is CN(C)c1cc(NC2CCC(NC(=O)C(Cc3ccccc3)c3ccccc3)CC2)nc2ccccc12. The van der Waals surface area contributed by atoms with Crippen LogP contribution in [0.3, 0.4) is 0 Å². The van der Waals surface area contributed by atoms with E-state index in [1.807, 2.05) is 42.5 Å². The second kappa shape index (κ2) is 11.5. The minimum atomic E-state index is -0.189. The van der Waals surface area contributed by atoms with Crippen molar-refractivity contribution < 1.29 is 4.79 Å². The lowest BCUT2D eigenvalue weighted by Crippen LogP contribution is -2.42. The first-order valence-electron chi connectivity index (χ1n) is 13.3. The lowest BCUT2D eigenvalue weighted by atomic mass is 9.88. The molecule has 0 saturated heterocycles. The fraction of sp³-hybridized carbons (Fsp3) is 0.312. The van der Waals surface area contributed by atoms with Crippen LogP contribution in [0.1, 0.15) is 42.7 Å². The molecule has 1 atom stereocenters. The second-order valence-electron chi connectivity index (χ2n) is 10.3. The number of fused-ring (bicyclic) bond motifs is 1. The van der Waals surface area contributed by atoms with E-state index in [1.54, 1.807) is 0 Å². The van der Waals surface area contributed by atoms with E-state index in [9.17, 15) is 4.79 Å². The molecule has 0 bridgehead atoms. The summed E-state index contributed by atoms with van der Waals surface area (Å²) in [5.74, 6) is 0.853. The van der Waals surface area contributed by atoms with Crippen molar-refractivity contribution in [2.75, 3.05) is 24.3 Å². The number of hydrogen-bond donors (Lipinski definition) is 2. The molecule has 1 amide bonds. The molecule has 0 aliphatic heterocycles. The molecule has 5 rings (SSSR count). The van der Waals surface area contributed by atoms with Gasteiger partial charge < -0.3 is 15.5 Å². The van der Waals surface area contributed by atoms with E-state index >= 15 is 0 Å². The van der Waals surface area contributed by atoms with Crippen molar-refractivity contribution >= 4 is 28.3 Å². The van der Waals surface area contributed by atoms with E-state index in [0.29, 0.717) is 12.5 Å². The number of para-hydroxylation sites is 1. The Hall–Kier alpha value is -3.86. The number of amides is 1. The van der Waals surface area contributed by atoms with Gasteiger partial charge in [0.1, 0.15) is 5.82 Å². The molecular weight excluding hydrogens is 456 g/mol. The number of rotatable bonds is 8. The summed E-state index contributed by atoms with van der Waals surface area (Å²) in [5.41, 5.74) is 4.42. The number of nitrogens with zero attached hydrogens (tertiary/aromatic N) is 2. The first kappa shape index (κ1) is 24.8. The van der Waals surface area contributed by atoms with Crippen molar-refractivity contribution in [2.24, 2.45) is 0 Å². The number of carbonyl (C=O) groups is 1. The predicted octanol–water partition coefficient (Wildman–Crippen LogP) is 6.17. The Morgan fingerprint density at radius 1 is 0.865 bits per heavy atom. The van der Waals surface area contributed by atoms with Crippen LogP contribution in [-0.2, 0) is 11.2 Å². The number of hydrogen-bond acceptors (Lipinski definition) is 4. The standard InChI is InChI=1S/C32H36N4O/c1-36(2)30-22-31(35-29-16-10-9-15-27(29)30)33-25-17-19-26(20-18-25)34-32(37)28(24-13-7-4-8-14-24)21-23-11-5-3-6-12-23/h3-16,22,25-26,28H,17-21H2,1-2H3,(H,33,35)(H,34,37). The number of aromatic nitrogens is 1. The Morgan fingerprint density at radius 3 is 2.19 bits per heavy atom. The minimum Gasteiger partial charge on any atom is -0.377 e. The van der Waals surface area contributed by atoms with Gasteiger partial charge in [0.15, 0.2) is 0 Å². The summed E-state index contributed by atoms with van der Waals surface area (Å²) in [4.78, 5) is 20.5. The maximum atomic E-state index is 13.5. The minimum absolute atomic E-state index is 0.123. The maximum Gasteiger partial charge on any atom is 0.228 e. The van der Waals surface area contributed by atoms with Crippen LogP contribution < -0.4 is 15.5 Å². The van der Waals surface area contributed by atoms with Crippen LogP contribution in [0.25, 0.3) is 10.9 Å². The molecule has 5 nitrogen and oxygen atoms in total. The summed E-state index contributed by atoms with van der Waals surface area (Å²) in [7, 11) is 4.14. The molecular formula is C32H36N4O. The zero-order valence-electron chi connectivity index (χ0n) is 21.7. The zero-order chi connectivity index (χ0) is 25.6. The van der Waals surface area contributed by atoms with Crippen LogP contribution in [0.2, 0.25) is 0 Å². The first-order valence-corrected chi connectivity index (χ1v) is 13.3. The normalized spacial score (nSPS) is 18.2. The quantitative estimate of drug-likeness (QED) is 0.309. The van der Waals surface area contributed by atoms with E-state index in [2.05, 4.69) is 78.2 Å². The molecule has 37 heavy (non-hydrogen) atoms. The zero-order valence-corrected chi connectivity index (χ0v) is 21.7. The number of carbonyl (C=O) groups excluding carboxylic acids is 1. The van der Waals surface area contributed by atoms with Gasteiger partial charge in [-0.2, -0.15) is 0 Å². The molecule has 1 unspecified atom stereocenters. The Balaban J connectivity index is 1.21. The summed E-state index contributed by atoms with van der Waals surface area (Å²) < 4.78 is 0. The van der Waals surface area contributed by atoms with Gasteiger partial charge in [0.2, 0.25) is 5.91 Å². The summed E-state index contributed by atoms with van der Waals surface area (Å²) in [6.45, 7) is 0. The van der Waals surface area contributed by atoms with Crippen molar-refractivity contribution in [3.05, 3.63) is 102 Å². The van der Waals surface area contributed by atoms with Gasteiger partial charge in [0.25, 0.3) is 0 Å². The van der Waals surface area contributed by atoms with Crippen molar-refractivity contribution in [1.29, 1.82) is 0 Å². The van der Waals surface area contributed by atoms with Gasteiger partial charge in [-0.15, -0.1) is 0 Å². The molecule has 4 aromatic rings. The first-order chi connectivity index (χ1) is 18.1. The highest BCUT2D eigenvalue weighted by atomic mass is 16.1. The van der Waals surface area contributed by atoms with Gasteiger partial charge in [-0.3, -0.25) is 4.79 Å². The monoisotopic (exact) mass is 492 g/mol. The molecule has 5 heteroatoms. The fourth-order valence-corrected chi connectivity index (χ4v) is 5.39. The molecule has 3 aromatic carbocycles. The molecule has 190 valence electrons. The molecule has 1 heterocycles. The maximum absolute atomic E-state index is 13.5. The van der Waals surface area contributed by atoms with Crippen LogP contribution in [-0.4, -0.2) is 37.1 Å². The summed E-state index contributed by atoms with van der Waals surface area (Å²) in [6.07, 6.45) is 4.64. The molecule has 1 aromatic heterocycles. The third kappa shape index (κ3) is 6.11. The number of anilines is 2. The number of nitrogens with one attached hydrogen (secondary N) is 2. The van der Waals surface area contributed by atoms with Gasteiger partial charge in [0, 0.05) is 43.3 Å². The van der Waals surface area contributed by atoms with Crippen LogP contribution in [0.5, 0.6) is 0 Å². The summed E-state index contributed by atoms with van der Waals surface area (Å²) in [5, 5.41) is 8.21. The molecule has 0 spiro atoms. The molecule has 1 saturated carbocycles. The highest BCUT2D eigenvalue weighted by Crippen LogP contribution is 2.30. The number of pyridine rings is 1. The lowest BCUT2D eigenvalue weighted by molar-refractivity contribution is -0.123. The van der Waals surface area contributed by atoms with E-state index in [0.717, 1.165) is 48.0 Å². The Kier molecular flexibility index (Phi) is 7.69. The second-order valence-corrected chi connectivity index (χ2v) is 10.3. The van der Waals surface area contributed by atoms with Crippen molar-refractivity contribution in [3.63, 3.8) is 0 Å². The van der Waals surface area contributed by atoms with Crippen LogP contribution in [0.4, 0.5) is 11.5 Å². The van der Waals surface area contributed by atoms with E-state index in [1.165, 1.54) is 11.3 Å². The fourth-order valence-electron chi connectivity index (χ4n) is 5.39. The molecule has 1 fully saturated rings. The van der Waals surface area contributed by atoms with Gasteiger partial charge in [0.05, 0.1) is 11.4 Å². The van der Waals surface area contributed by atoms with E-state index in [4.69, 9.17) is 4.98 Å². The van der Waals surface area contributed by atoms with E-state index < -0.39 is 0 Å². The topological polar surface area (TPSA) is 57.3 Å². The number of benzene rings is 3. The molecule has 0 radical (unpaired) electrons. The lowest BCUT2D eigenvalue weighted by Gasteiger charge is -2.31. The van der Waals surface area contributed by atoms with Gasteiger partial charge in [-0.25, -0.2) is 4.98 Å². The molecule has 2 N–H and O–H groups in total. The van der Waals surface area contributed by atoms with E-state index in [-0.39, 0.29) is 17.9 Å². The van der Waals surface area contributed by atoms with Crippen molar-refractivity contribution in [2.45, 2.75) is 50.1 Å². The van der Waals surface area contributed by atoms with Crippen LogP contribution in [0.15, 0.2) is 91.0 Å². The van der Waals surface area contributed by atoms with Crippen LogP contribution in [0, 0.1) is 0 Å². The van der Waals surface area contributed by atoms with Gasteiger partial charge >= 0.3 is 0 Å². The Labute approximate surface area is 219 Å². The highest BCUT2D eigenvalue weighted by molar-refractivity contribution is 5.93. The van der Waals surface area contributed by atoms with Gasteiger partial charge in [-0.05, 0) is 49.3 Å². The molecule has 1 aliphatic rings.